The Morgan fingerprint density at radius 3 is 1.69 bits per heavy atom. The van der Waals surface area contributed by atoms with Gasteiger partial charge in [0.2, 0.25) is 11.9 Å². The topological polar surface area (TPSA) is 181 Å². The average molecular weight is 1060 g/mol. The van der Waals surface area contributed by atoms with E-state index in [1.54, 1.807) is 40.9 Å². The maximum Gasteiger partial charge on any atom is 0.231 e. The second-order valence-corrected chi connectivity index (χ2v) is 26.6. The van der Waals surface area contributed by atoms with Crippen molar-refractivity contribution in [2.45, 2.75) is 38.8 Å². The average Bonchev–Trinajstić information content (AvgIpc) is 3.87. The van der Waals surface area contributed by atoms with Gasteiger partial charge in [0, 0.05) is 91.7 Å². The molecule has 2 aliphatic heterocycles. The van der Waals surface area contributed by atoms with Crippen LogP contribution in [0.15, 0.2) is 103 Å². The van der Waals surface area contributed by atoms with Gasteiger partial charge in [-0.05, 0) is 122 Å². The molecule has 0 radical (unpaired) electrons. The highest BCUT2D eigenvalue weighted by molar-refractivity contribution is 7.70. The van der Waals surface area contributed by atoms with Gasteiger partial charge in [-0.15, -0.1) is 0 Å². The van der Waals surface area contributed by atoms with Crippen molar-refractivity contribution in [3.05, 3.63) is 108 Å². The second kappa shape index (κ2) is 23.5. The molecule has 3 aromatic heterocycles. The number of para-hydroxylation sites is 2. The summed E-state index contributed by atoms with van der Waals surface area (Å²) in [5.41, 5.74) is 5.97. The number of benzene rings is 4. The zero-order valence-corrected chi connectivity index (χ0v) is 46.7. The number of piperazine rings is 1. The molecule has 4 aromatic carbocycles. The predicted octanol–water partition coefficient (Wildman–Crippen LogP) is 10.6. The fraction of sp³-hybridized carbons (Fsp3) is 0.370. The first-order valence-corrected chi connectivity index (χ1v) is 30.5. The standard InChI is InChI=1S/C28H36N7O2P.C26H34ClN6O2P/c1-19(2)34-14-16-35(17-15-34)20-10-11-22(24(18-20)37-3)31-28-32-26-21(12-13-29-26)27(33-28)30-23-8-6-7-9-25(23)38(4,5)36;1-32(2)18-12-14-33(15-13-18)19-10-11-21(23(16-19)35-3)30-26-28-17-20(27)25(31-26)29-22-8-6-7-9-24(22)36(4,5)34/h6-13,18-19H,14-17H2,1-5H3,(H3,29,30,31,32,33);6-11,16-18H,12-15H2,1-5H3,(H2,28,29,30,31). The molecule has 17 nitrogen and oxygen atoms in total. The van der Waals surface area contributed by atoms with E-state index in [0.717, 1.165) is 102 Å². The zero-order valence-electron chi connectivity index (χ0n) is 44.1. The fourth-order valence-corrected chi connectivity index (χ4v) is 11.7. The zero-order chi connectivity index (χ0) is 52.7. The van der Waals surface area contributed by atoms with Crippen molar-refractivity contribution < 1.29 is 18.6 Å². The number of halogens is 1. The van der Waals surface area contributed by atoms with E-state index in [0.29, 0.717) is 57.7 Å². The van der Waals surface area contributed by atoms with Crippen LogP contribution in [0.1, 0.15) is 26.7 Å². The van der Waals surface area contributed by atoms with Gasteiger partial charge in [-0.2, -0.15) is 15.0 Å². The van der Waals surface area contributed by atoms with Crippen LogP contribution in [-0.2, 0) is 9.13 Å². The molecule has 0 aliphatic carbocycles. The molecule has 392 valence electrons. The van der Waals surface area contributed by atoms with Crippen molar-refractivity contribution in [1.82, 2.24) is 34.7 Å². The van der Waals surface area contributed by atoms with E-state index >= 15 is 0 Å². The number of fused-ring (bicyclic) bond motifs is 1. The number of methoxy groups -OCH3 is 2. The third-order valence-electron chi connectivity index (χ3n) is 13.5. The Labute approximate surface area is 440 Å². The molecule has 2 fully saturated rings. The van der Waals surface area contributed by atoms with Crippen molar-refractivity contribution in [3.63, 3.8) is 0 Å². The molecule has 74 heavy (non-hydrogen) atoms. The van der Waals surface area contributed by atoms with E-state index < -0.39 is 14.3 Å². The number of piperidine rings is 1. The van der Waals surface area contributed by atoms with Gasteiger partial charge in [-0.3, -0.25) is 4.90 Å². The minimum Gasteiger partial charge on any atom is -0.494 e. The number of rotatable bonds is 16. The largest absolute Gasteiger partial charge is 0.494 e. The van der Waals surface area contributed by atoms with Gasteiger partial charge in [0.1, 0.15) is 42.3 Å². The van der Waals surface area contributed by atoms with E-state index in [9.17, 15) is 9.13 Å². The lowest BCUT2D eigenvalue weighted by Gasteiger charge is -2.38. The summed E-state index contributed by atoms with van der Waals surface area (Å²) in [7, 11) is 2.63. The van der Waals surface area contributed by atoms with Gasteiger partial charge in [-0.1, -0.05) is 35.9 Å². The smallest absolute Gasteiger partial charge is 0.231 e. The lowest BCUT2D eigenvalue weighted by molar-refractivity contribution is 0.209. The van der Waals surface area contributed by atoms with Crippen LogP contribution in [0.3, 0.4) is 0 Å². The van der Waals surface area contributed by atoms with Gasteiger partial charge in [-0.25, -0.2) is 4.98 Å². The summed E-state index contributed by atoms with van der Waals surface area (Å²) < 4.78 is 37.1. The van der Waals surface area contributed by atoms with Crippen LogP contribution in [0.4, 0.5) is 57.7 Å². The maximum atomic E-state index is 12.9. The normalized spacial score (nSPS) is 14.7. The van der Waals surface area contributed by atoms with Crippen LogP contribution in [0.2, 0.25) is 5.02 Å². The van der Waals surface area contributed by atoms with Crippen LogP contribution < -0.4 is 51.1 Å². The maximum absolute atomic E-state index is 12.9. The number of nitrogens with one attached hydrogen (secondary N) is 5. The molecule has 0 atom stereocenters. The third-order valence-corrected chi connectivity index (χ3v) is 16.8. The number of hydrogen-bond donors (Lipinski definition) is 5. The van der Waals surface area contributed by atoms with Crippen molar-refractivity contribution in [1.29, 1.82) is 0 Å². The second-order valence-electron chi connectivity index (χ2n) is 19.8. The van der Waals surface area contributed by atoms with Gasteiger partial charge in [0.05, 0.1) is 48.6 Å². The van der Waals surface area contributed by atoms with E-state index in [4.69, 9.17) is 26.1 Å². The lowest BCUT2D eigenvalue weighted by Crippen LogP contribution is -2.48. The summed E-state index contributed by atoms with van der Waals surface area (Å²) in [5.74, 6) is 3.27. The highest BCUT2D eigenvalue weighted by atomic mass is 35.5. The van der Waals surface area contributed by atoms with Gasteiger partial charge in [0.25, 0.3) is 0 Å². The first-order valence-electron chi connectivity index (χ1n) is 24.9. The van der Waals surface area contributed by atoms with E-state index in [-0.39, 0.29) is 0 Å². The molecule has 0 unspecified atom stereocenters. The van der Waals surface area contributed by atoms with Crippen molar-refractivity contribution in [2.24, 2.45) is 0 Å². The molecule has 0 bridgehead atoms. The number of aromatic nitrogens is 5. The van der Waals surface area contributed by atoms with E-state index in [1.165, 1.54) is 6.20 Å². The Morgan fingerprint density at radius 2 is 1.16 bits per heavy atom. The van der Waals surface area contributed by atoms with E-state index in [2.05, 4.69) is 107 Å². The van der Waals surface area contributed by atoms with Crippen molar-refractivity contribution in [3.8, 4) is 11.5 Å². The Morgan fingerprint density at radius 1 is 0.649 bits per heavy atom. The number of aromatic amines is 1. The minimum atomic E-state index is -2.50. The predicted molar refractivity (Wildman–Crippen MR) is 309 cm³/mol. The number of ether oxygens (including phenoxy) is 2. The van der Waals surface area contributed by atoms with Gasteiger partial charge >= 0.3 is 0 Å². The molecule has 0 spiro atoms. The van der Waals surface area contributed by atoms with Crippen molar-refractivity contribution in [2.75, 3.05) is 125 Å². The summed E-state index contributed by atoms with van der Waals surface area (Å²) >= 11 is 6.39. The number of nitrogens with zero attached hydrogens (tertiary/aromatic N) is 8. The summed E-state index contributed by atoms with van der Waals surface area (Å²) in [6.45, 7) is 17.6. The van der Waals surface area contributed by atoms with Crippen LogP contribution in [0.25, 0.3) is 11.0 Å². The quantitative estimate of drug-likeness (QED) is 0.0576. The first kappa shape index (κ1) is 53.9. The summed E-state index contributed by atoms with van der Waals surface area (Å²) in [4.78, 5) is 31.1. The molecule has 0 saturated carbocycles. The van der Waals surface area contributed by atoms with Gasteiger partial charge < -0.3 is 59.6 Å². The fourth-order valence-electron chi connectivity index (χ4n) is 9.30. The molecule has 2 aliphatic rings. The first-order chi connectivity index (χ1) is 35.4. The SMILES string of the molecule is COc1cc(N2CCC(N(C)C)CC2)ccc1Nc1ncc(Cl)c(Nc2ccccc2P(C)(C)=O)n1.COc1cc(N2CCN(C(C)C)CC2)ccc1Nc1nc(Nc2ccccc2P(C)(C)=O)c2cc[nH]c2n1. The Bertz CT molecular complexity index is 3150. The van der Waals surface area contributed by atoms with Crippen LogP contribution in [0, 0.1) is 0 Å². The number of anilines is 10. The Hall–Kier alpha value is -6.35. The van der Waals surface area contributed by atoms with E-state index in [1.807, 2.05) is 79.0 Å². The molecule has 5 heterocycles. The number of hydrogen-bond acceptors (Lipinski definition) is 16. The minimum absolute atomic E-state index is 0.362. The molecule has 2 saturated heterocycles. The highest BCUT2D eigenvalue weighted by Crippen LogP contribution is 2.41. The Kier molecular flexibility index (Phi) is 17.1. The van der Waals surface area contributed by atoms with Crippen molar-refractivity contribution >= 4 is 105 Å². The van der Waals surface area contributed by atoms with Crippen LogP contribution in [0.5, 0.6) is 11.5 Å². The molecule has 0 amide bonds. The van der Waals surface area contributed by atoms with Crippen LogP contribution in [-0.4, -0.2) is 141 Å². The lowest BCUT2D eigenvalue weighted by atomic mass is 10.0. The molecule has 7 aromatic rings. The monoisotopic (exact) mass is 1060 g/mol. The summed E-state index contributed by atoms with van der Waals surface area (Å²) in [6.07, 6.45) is 5.64. The molecule has 9 rings (SSSR count). The Balaban J connectivity index is 0.000000197. The summed E-state index contributed by atoms with van der Waals surface area (Å²) in [6, 6.07) is 30.5. The van der Waals surface area contributed by atoms with Gasteiger partial charge in [0.15, 0.2) is 5.82 Å². The highest BCUT2D eigenvalue weighted by Gasteiger charge is 2.24. The van der Waals surface area contributed by atoms with Crippen LogP contribution >= 0.6 is 25.9 Å². The number of H-pyrrole nitrogens is 1. The molecule has 20 heteroatoms. The molecular formula is C54H70ClN13O4P2. The third kappa shape index (κ3) is 13.1. The molecule has 5 N–H and O–H groups in total. The molecular weight excluding hydrogens is 992 g/mol. The summed E-state index contributed by atoms with van der Waals surface area (Å²) in [5, 5.41) is 15.9.